The average molecular weight is 420 g/mol. The maximum atomic E-state index is 12.8. The summed E-state index contributed by atoms with van der Waals surface area (Å²) in [4.78, 5) is 21.1. The Kier molecular flexibility index (Phi) is 4.27. The summed E-state index contributed by atoms with van der Waals surface area (Å²) in [5.41, 5.74) is 6.61. The molecule has 0 saturated heterocycles. The molecule has 2 fully saturated rings. The molecular weight excluding hydrogens is 390 g/mol. The number of aliphatic hydroxyl groups is 1. The van der Waals surface area contributed by atoms with E-state index in [4.69, 9.17) is 0 Å². The van der Waals surface area contributed by atoms with Gasteiger partial charge in [-0.3, -0.25) is 10.1 Å². The number of pyridine rings is 1. The lowest BCUT2D eigenvalue weighted by Crippen LogP contribution is -2.44. The highest BCUT2D eigenvalue weighted by molar-refractivity contribution is 6.01. The first-order chi connectivity index (χ1) is 15.0. The fourth-order valence-corrected chi connectivity index (χ4v) is 5.68. The van der Waals surface area contributed by atoms with Crippen LogP contribution >= 0.6 is 0 Å². The quantitative estimate of drug-likeness (QED) is 0.378. The Balaban J connectivity index is 1.30. The largest absolute Gasteiger partial charge is 0.375 e. The van der Waals surface area contributed by atoms with Gasteiger partial charge in [0.2, 0.25) is 0 Å². The number of carbonyl (C=O) groups excluding carboxylic acids is 1. The number of carbonyl (C=O) groups is 1. The molecule has 2 aromatic heterocycles. The van der Waals surface area contributed by atoms with Crippen molar-refractivity contribution in [1.82, 2.24) is 20.6 Å². The molecule has 7 heteroatoms. The monoisotopic (exact) mass is 419 g/mol. The van der Waals surface area contributed by atoms with Gasteiger partial charge in [0.05, 0.1) is 11.3 Å². The van der Waals surface area contributed by atoms with E-state index in [1.54, 1.807) is 0 Å². The number of aromatic nitrogens is 2. The van der Waals surface area contributed by atoms with Gasteiger partial charge in [-0.2, -0.15) is 0 Å². The van der Waals surface area contributed by atoms with Crippen molar-refractivity contribution in [2.75, 3.05) is 5.32 Å². The smallest absolute Gasteiger partial charge is 0.253 e. The van der Waals surface area contributed by atoms with Crippen molar-refractivity contribution in [1.29, 1.82) is 0 Å². The molecule has 1 spiro atoms. The molecule has 6 rings (SSSR count). The fourth-order valence-electron chi connectivity index (χ4n) is 5.68. The molecule has 1 amide bonds. The second kappa shape index (κ2) is 6.93. The number of hydrogen-bond acceptors (Lipinski definition) is 5. The normalized spacial score (nSPS) is 25.9. The van der Waals surface area contributed by atoms with Gasteiger partial charge >= 0.3 is 0 Å². The number of hydrogen-bond donors (Lipinski definition) is 5. The first-order valence-corrected chi connectivity index (χ1v) is 11.4. The van der Waals surface area contributed by atoms with Crippen LogP contribution in [0.5, 0.6) is 0 Å². The van der Waals surface area contributed by atoms with Crippen molar-refractivity contribution in [2.24, 2.45) is 0 Å². The predicted octanol–water partition coefficient (Wildman–Crippen LogP) is 2.42. The zero-order valence-electron chi connectivity index (χ0n) is 17.6. The van der Waals surface area contributed by atoms with Crippen LogP contribution in [-0.2, 0) is 19.3 Å². The van der Waals surface area contributed by atoms with Gasteiger partial charge in [-0.1, -0.05) is 6.58 Å². The molecule has 4 aliphatic rings. The van der Waals surface area contributed by atoms with Gasteiger partial charge in [-0.25, -0.2) is 4.98 Å². The van der Waals surface area contributed by atoms with Crippen LogP contribution < -0.4 is 16.0 Å². The number of aliphatic hydroxyl groups excluding tert-OH is 1. The zero-order valence-corrected chi connectivity index (χ0v) is 17.6. The second-order valence-electron chi connectivity index (χ2n) is 9.61. The number of amides is 1. The third-order valence-corrected chi connectivity index (χ3v) is 7.51. The first kappa shape index (κ1) is 19.1. The summed E-state index contributed by atoms with van der Waals surface area (Å²) in [6, 6.07) is 2.51. The molecule has 1 aliphatic heterocycles. The number of aromatic amines is 1. The van der Waals surface area contributed by atoms with Crippen LogP contribution in [-0.4, -0.2) is 44.8 Å². The molecule has 0 radical (unpaired) electrons. The van der Waals surface area contributed by atoms with Crippen molar-refractivity contribution in [3.63, 3.8) is 0 Å². The van der Waals surface area contributed by atoms with E-state index < -0.39 is 6.23 Å². The van der Waals surface area contributed by atoms with Gasteiger partial charge in [0.1, 0.15) is 12.0 Å². The summed E-state index contributed by atoms with van der Waals surface area (Å²) in [5, 5.41) is 20.0. The van der Waals surface area contributed by atoms with Crippen LogP contribution in [0.2, 0.25) is 0 Å². The van der Waals surface area contributed by atoms with Crippen LogP contribution in [0.4, 0.5) is 5.82 Å². The third kappa shape index (κ3) is 3.18. The lowest BCUT2D eigenvalue weighted by atomic mass is 9.87. The Morgan fingerprint density at radius 1 is 1.29 bits per heavy atom. The Hall–Kier alpha value is -2.64. The molecule has 3 aliphatic carbocycles. The van der Waals surface area contributed by atoms with Gasteiger partial charge in [-0.05, 0) is 68.2 Å². The second-order valence-corrected chi connectivity index (χ2v) is 9.61. The van der Waals surface area contributed by atoms with E-state index in [1.807, 2.05) is 6.20 Å². The minimum Gasteiger partial charge on any atom is -0.375 e. The van der Waals surface area contributed by atoms with Crippen LogP contribution in [0.15, 0.2) is 24.9 Å². The van der Waals surface area contributed by atoms with Gasteiger partial charge in [-0.15, -0.1) is 0 Å². The summed E-state index contributed by atoms with van der Waals surface area (Å²) in [6.07, 6.45) is 10.8. The molecule has 5 N–H and O–H groups in total. The van der Waals surface area contributed by atoms with Crippen molar-refractivity contribution >= 4 is 11.7 Å². The molecule has 2 aromatic rings. The van der Waals surface area contributed by atoms with E-state index in [-0.39, 0.29) is 23.5 Å². The van der Waals surface area contributed by atoms with Crippen molar-refractivity contribution in [3.05, 3.63) is 47.3 Å². The Bertz CT molecular complexity index is 1070. The Morgan fingerprint density at radius 3 is 2.94 bits per heavy atom. The van der Waals surface area contributed by atoms with Crippen molar-refractivity contribution in [2.45, 2.75) is 75.2 Å². The molecule has 0 bridgehead atoms. The highest BCUT2D eigenvalue weighted by Crippen LogP contribution is 2.45. The van der Waals surface area contributed by atoms with Crippen molar-refractivity contribution < 1.29 is 9.90 Å². The summed E-state index contributed by atoms with van der Waals surface area (Å²) < 4.78 is 0. The Labute approximate surface area is 181 Å². The van der Waals surface area contributed by atoms with Crippen molar-refractivity contribution in [3.8, 4) is 11.3 Å². The summed E-state index contributed by atoms with van der Waals surface area (Å²) >= 11 is 0. The fraction of sp³-hybridized carbons (Fsp3) is 0.500. The lowest BCUT2D eigenvalue weighted by Gasteiger charge is -2.25. The molecule has 3 atom stereocenters. The number of aryl methyl sites for hydroxylation is 1. The summed E-state index contributed by atoms with van der Waals surface area (Å²) in [7, 11) is 0. The number of H-pyrrole nitrogens is 1. The highest BCUT2D eigenvalue weighted by atomic mass is 16.3. The highest BCUT2D eigenvalue weighted by Gasteiger charge is 2.49. The number of rotatable bonds is 5. The van der Waals surface area contributed by atoms with E-state index >= 15 is 0 Å². The molecule has 162 valence electrons. The van der Waals surface area contributed by atoms with E-state index in [0.29, 0.717) is 0 Å². The summed E-state index contributed by atoms with van der Waals surface area (Å²) in [6.45, 7) is 3.65. The molecule has 0 aromatic carbocycles. The minimum atomic E-state index is -0.697. The van der Waals surface area contributed by atoms with Crippen LogP contribution in [0.3, 0.4) is 0 Å². The van der Waals surface area contributed by atoms with Crippen LogP contribution in [0.25, 0.3) is 11.3 Å². The van der Waals surface area contributed by atoms with E-state index in [0.717, 1.165) is 85.3 Å². The van der Waals surface area contributed by atoms with Gasteiger partial charge in [0.15, 0.2) is 0 Å². The topological polar surface area (TPSA) is 102 Å². The standard InChI is InChI=1S/C24H29N5O2/c1-2-20(30)27-17-5-3-4-16(17)26-19-10-15-13(12-25-19)6-7-14-21-18(28-22(14)15)11-24(8-9-24)29-23(21)31/h2,10,12,16-17,20,27-28,30H,1,3-9,11H2,(H,25,26)(H,29,31). The maximum absolute atomic E-state index is 12.8. The number of nitrogens with one attached hydrogen (secondary N) is 4. The molecule has 7 nitrogen and oxygen atoms in total. The maximum Gasteiger partial charge on any atom is 0.253 e. The SMILES string of the molecule is C=CC(O)NC1CCCC1Nc1cc2c(cn1)CCc1c-2[nH]c2c1C(=O)NC1(CC1)C2. The third-order valence-electron chi connectivity index (χ3n) is 7.51. The molecule has 3 heterocycles. The van der Waals surface area contributed by atoms with Crippen LogP contribution in [0.1, 0.15) is 59.3 Å². The molecule has 2 saturated carbocycles. The lowest BCUT2D eigenvalue weighted by molar-refractivity contribution is 0.0917. The van der Waals surface area contributed by atoms with Gasteiger partial charge in [0.25, 0.3) is 5.91 Å². The predicted molar refractivity (Wildman–Crippen MR) is 119 cm³/mol. The van der Waals surface area contributed by atoms with E-state index in [2.05, 4.69) is 38.6 Å². The zero-order chi connectivity index (χ0) is 21.2. The molecule has 3 unspecified atom stereocenters. The average Bonchev–Trinajstić information content (AvgIpc) is 3.17. The van der Waals surface area contributed by atoms with Gasteiger partial charge < -0.3 is 20.7 Å². The number of nitrogens with zero attached hydrogens (tertiary/aromatic N) is 1. The minimum absolute atomic E-state index is 0.00576. The molecular formula is C24H29N5O2. The number of anilines is 1. The molecule has 31 heavy (non-hydrogen) atoms. The van der Waals surface area contributed by atoms with Crippen LogP contribution in [0, 0.1) is 0 Å². The Morgan fingerprint density at radius 2 is 2.13 bits per heavy atom. The van der Waals surface area contributed by atoms with E-state index in [9.17, 15) is 9.90 Å². The number of fused-ring (bicyclic) bond motifs is 5. The van der Waals surface area contributed by atoms with E-state index in [1.165, 1.54) is 11.6 Å². The summed E-state index contributed by atoms with van der Waals surface area (Å²) in [5.74, 6) is 0.932. The first-order valence-electron chi connectivity index (χ1n) is 11.4. The van der Waals surface area contributed by atoms with Gasteiger partial charge in [0, 0.05) is 41.5 Å².